The summed E-state index contributed by atoms with van der Waals surface area (Å²) >= 11 is 0. The van der Waals surface area contributed by atoms with Gasteiger partial charge in [-0.1, -0.05) is 171 Å². The molecule has 0 unspecified atom stereocenters. The fourth-order valence-electron chi connectivity index (χ4n) is 8.33. The molecule has 3 aliphatic rings. The second-order valence-corrected chi connectivity index (χ2v) is 12.0. The average Bonchev–Trinajstić information content (AvgIpc) is 3.76. The molecule has 0 atom stereocenters. The maximum absolute atomic E-state index is 2.35. The van der Waals surface area contributed by atoms with Crippen LogP contribution in [0, 0.1) is 0 Å². The number of hydrogen-bond acceptors (Lipinski definition) is 0. The van der Waals surface area contributed by atoms with Crippen molar-refractivity contribution in [1.29, 1.82) is 0 Å². The van der Waals surface area contributed by atoms with E-state index in [2.05, 4.69) is 158 Å². The van der Waals surface area contributed by atoms with E-state index in [9.17, 15) is 0 Å². The topological polar surface area (TPSA) is 0 Å². The Morgan fingerprint density at radius 2 is 0.619 bits per heavy atom. The van der Waals surface area contributed by atoms with Gasteiger partial charge in [-0.05, 0) is 68.5 Å². The molecule has 9 rings (SSSR count). The van der Waals surface area contributed by atoms with Gasteiger partial charge in [0.1, 0.15) is 0 Å². The van der Waals surface area contributed by atoms with Crippen LogP contribution in [0.1, 0.15) is 59.1 Å². The summed E-state index contributed by atoms with van der Waals surface area (Å²) < 4.78 is 0. The van der Waals surface area contributed by atoms with E-state index in [0.29, 0.717) is 5.41 Å². The van der Waals surface area contributed by atoms with E-state index in [-0.39, 0.29) is 5.41 Å². The van der Waals surface area contributed by atoms with Crippen LogP contribution in [0.25, 0.3) is 22.3 Å². The van der Waals surface area contributed by atoms with E-state index in [1.807, 2.05) is 0 Å². The van der Waals surface area contributed by atoms with Gasteiger partial charge < -0.3 is 0 Å². The fraction of sp³-hybridized carbons (Fsp3) is 0.143. The van der Waals surface area contributed by atoms with Crippen LogP contribution in [0.4, 0.5) is 0 Å². The molecular weight excluding hydrogens is 504 g/mol. The highest BCUT2D eigenvalue weighted by atomic mass is 14.5. The van der Waals surface area contributed by atoms with Gasteiger partial charge in [-0.15, -0.1) is 0 Å². The molecule has 0 aromatic heterocycles. The van der Waals surface area contributed by atoms with Gasteiger partial charge in [0.25, 0.3) is 0 Å². The third kappa shape index (κ3) is 3.55. The maximum atomic E-state index is 2.35. The lowest BCUT2D eigenvalue weighted by Crippen LogP contribution is -2.28. The van der Waals surface area contributed by atoms with E-state index in [0.717, 1.165) is 0 Å². The molecule has 1 spiro atoms. The Morgan fingerprint density at radius 1 is 0.310 bits per heavy atom. The summed E-state index contributed by atoms with van der Waals surface area (Å²) in [6.07, 6.45) is 5.42. The summed E-state index contributed by atoms with van der Waals surface area (Å²) in [5.74, 6) is 0. The first-order valence-electron chi connectivity index (χ1n) is 15.3. The van der Waals surface area contributed by atoms with Crippen molar-refractivity contribution in [3.63, 3.8) is 0 Å². The lowest BCUT2D eigenvalue weighted by molar-refractivity contribution is 0.550. The fourth-order valence-corrected chi connectivity index (χ4v) is 8.33. The summed E-state index contributed by atoms with van der Waals surface area (Å²) in [6, 6.07) is 57.5. The first-order valence-corrected chi connectivity index (χ1v) is 15.3. The zero-order valence-corrected chi connectivity index (χ0v) is 23.8. The van der Waals surface area contributed by atoms with E-state index in [1.54, 1.807) is 11.1 Å². The molecule has 0 amide bonds. The molecule has 1 fully saturated rings. The second-order valence-electron chi connectivity index (χ2n) is 12.0. The molecule has 0 N–H and O–H groups in total. The molecule has 0 saturated heterocycles. The van der Waals surface area contributed by atoms with Gasteiger partial charge in [-0.25, -0.2) is 0 Å². The zero-order chi connectivity index (χ0) is 28.0. The number of benzene rings is 6. The van der Waals surface area contributed by atoms with Crippen LogP contribution in [0.2, 0.25) is 0 Å². The number of hydrogen-bond donors (Lipinski definition) is 0. The molecule has 42 heavy (non-hydrogen) atoms. The predicted molar refractivity (Wildman–Crippen MR) is 175 cm³/mol. The molecule has 3 aliphatic carbocycles. The molecule has 1 saturated carbocycles. The van der Waals surface area contributed by atoms with Crippen molar-refractivity contribution in [3.05, 3.63) is 191 Å². The summed E-state index contributed by atoms with van der Waals surface area (Å²) in [4.78, 5) is 0. The van der Waals surface area contributed by atoms with Crippen LogP contribution in [0.3, 0.4) is 0 Å². The Bertz CT molecular complexity index is 1740. The molecule has 0 radical (unpaired) electrons. The van der Waals surface area contributed by atoms with Crippen molar-refractivity contribution in [1.82, 2.24) is 0 Å². The average molecular weight is 539 g/mol. The van der Waals surface area contributed by atoms with Crippen molar-refractivity contribution in [3.8, 4) is 22.3 Å². The monoisotopic (exact) mass is 538 g/mol. The van der Waals surface area contributed by atoms with Gasteiger partial charge in [-0.2, -0.15) is 0 Å². The highest BCUT2D eigenvalue weighted by Crippen LogP contribution is 2.57. The van der Waals surface area contributed by atoms with Gasteiger partial charge >= 0.3 is 0 Å². The summed E-state index contributed by atoms with van der Waals surface area (Å²) in [7, 11) is 0. The third-order valence-corrected chi connectivity index (χ3v) is 10.00. The van der Waals surface area contributed by atoms with Gasteiger partial charge in [-0.3, -0.25) is 0 Å². The van der Waals surface area contributed by atoms with Crippen molar-refractivity contribution < 1.29 is 0 Å². The lowest BCUT2D eigenvalue weighted by Gasteiger charge is -2.33. The van der Waals surface area contributed by atoms with Crippen LogP contribution >= 0.6 is 0 Å². The van der Waals surface area contributed by atoms with Gasteiger partial charge in [0, 0.05) is 5.41 Å². The SMILES string of the molecule is c1ccc(C2(c3ccccc3)c3ccccc3-c3ccccc32)cc1.c1ccc2c(c1)-c1ccccc1C21CCCC1. The highest BCUT2D eigenvalue weighted by Gasteiger charge is 2.46. The van der Waals surface area contributed by atoms with Crippen LogP contribution in [0.5, 0.6) is 0 Å². The Kier molecular flexibility index (Phi) is 5.97. The van der Waals surface area contributed by atoms with E-state index < -0.39 is 0 Å². The molecule has 6 aromatic rings. The summed E-state index contributed by atoms with van der Waals surface area (Å²) in [5, 5.41) is 0. The molecule has 6 aromatic carbocycles. The van der Waals surface area contributed by atoms with Crippen molar-refractivity contribution in [2.45, 2.75) is 36.5 Å². The van der Waals surface area contributed by atoms with Gasteiger partial charge in [0.15, 0.2) is 0 Å². The highest BCUT2D eigenvalue weighted by molar-refractivity contribution is 5.86. The molecule has 0 heterocycles. The molecule has 0 heteroatoms. The van der Waals surface area contributed by atoms with Gasteiger partial charge in [0.2, 0.25) is 0 Å². The molecule has 0 bridgehead atoms. The number of fused-ring (bicyclic) bond motifs is 8. The minimum absolute atomic E-state index is 0.254. The molecule has 202 valence electrons. The Labute approximate surface area is 249 Å². The predicted octanol–water partition coefficient (Wildman–Crippen LogP) is 10.6. The van der Waals surface area contributed by atoms with Crippen LogP contribution in [-0.4, -0.2) is 0 Å². The third-order valence-electron chi connectivity index (χ3n) is 10.00. The van der Waals surface area contributed by atoms with Crippen molar-refractivity contribution in [2.24, 2.45) is 0 Å². The van der Waals surface area contributed by atoms with E-state index in [4.69, 9.17) is 0 Å². The Morgan fingerprint density at radius 3 is 1.02 bits per heavy atom. The zero-order valence-electron chi connectivity index (χ0n) is 23.8. The quantitative estimate of drug-likeness (QED) is 0.205. The minimum atomic E-state index is -0.254. The molecular formula is C42H34. The minimum Gasteiger partial charge on any atom is -0.0622 e. The maximum Gasteiger partial charge on any atom is 0.0713 e. The first kappa shape index (κ1) is 25.1. The summed E-state index contributed by atoms with van der Waals surface area (Å²) in [6.45, 7) is 0. The van der Waals surface area contributed by atoms with Crippen molar-refractivity contribution in [2.75, 3.05) is 0 Å². The van der Waals surface area contributed by atoms with Crippen LogP contribution in [-0.2, 0) is 10.8 Å². The molecule has 0 aliphatic heterocycles. The molecule has 0 nitrogen and oxygen atoms in total. The standard InChI is InChI=1S/C25H18.C17H16/c1-3-11-19(12-4-1)25(20-13-5-2-6-14-20)23-17-9-7-15-21(23)22-16-8-10-18-24(22)25;1-3-9-15-13(7-1)14-8-2-4-10-16(14)17(15)11-5-6-12-17/h1-18H;1-4,7-10H,5-6,11-12H2. The smallest absolute Gasteiger partial charge is 0.0622 e. The van der Waals surface area contributed by atoms with Crippen molar-refractivity contribution >= 4 is 0 Å². The normalized spacial score (nSPS) is 16.1. The second kappa shape index (κ2) is 10.00. The Balaban J connectivity index is 0.000000136. The first-order chi connectivity index (χ1) is 20.8. The van der Waals surface area contributed by atoms with Gasteiger partial charge in [0.05, 0.1) is 5.41 Å². The van der Waals surface area contributed by atoms with E-state index in [1.165, 1.54) is 70.2 Å². The number of rotatable bonds is 2. The summed E-state index contributed by atoms with van der Waals surface area (Å²) in [5.41, 5.74) is 14.3. The van der Waals surface area contributed by atoms with Crippen LogP contribution < -0.4 is 0 Å². The van der Waals surface area contributed by atoms with E-state index >= 15 is 0 Å². The lowest BCUT2D eigenvalue weighted by atomic mass is 9.68. The largest absolute Gasteiger partial charge is 0.0713 e. The van der Waals surface area contributed by atoms with Crippen LogP contribution in [0.15, 0.2) is 158 Å². The Hall–Kier alpha value is -4.68.